The van der Waals surface area contributed by atoms with E-state index in [9.17, 15) is 13.2 Å². The Labute approximate surface area is 187 Å². The minimum Gasteiger partial charge on any atom is -0.497 e. The molecule has 0 atom stereocenters. The molecule has 0 aliphatic carbocycles. The molecular weight excluding hydrogens is 434 g/mol. The molecule has 32 heavy (non-hydrogen) atoms. The Morgan fingerprint density at radius 2 is 1.56 bits per heavy atom. The standard InChI is InChI=1S/C22H25N3O6S/c1-29-16-6-4-15(5-7-16)20-21(26)24-22(23-20)10-12-25(13-11-22)32(27,28)19-14-17(30-2)8-9-18(19)31-3/h4-9,14H,10-13H2,1-3H3,(H,24,26). The van der Waals surface area contributed by atoms with Crippen molar-refractivity contribution in [2.24, 2.45) is 4.99 Å². The third-order valence-electron chi connectivity index (χ3n) is 5.79. The van der Waals surface area contributed by atoms with Gasteiger partial charge in [-0.2, -0.15) is 4.31 Å². The molecule has 1 spiro atoms. The van der Waals surface area contributed by atoms with Crippen molar-refractivity contribution in [1.29, 1.82) is 0 Å². The lowest BCUT2D eigenvalue weighted by Gasteiger charge is -2.36. The van der Waals surface area contributed by atoms with Gasteiger partial charge in [-0.3, -0.25) is 9.79 Å². The summed E-state index contributed by atoms with van der Waals surface area (Å²) in [6, 6.07) is 11.8. The summed E-state index contributed by atoms with van der Waals surface area (Å²) in [5.74, 6) is 1.10. The summed E-state index contributed by atoms with van der Waals surface area (Å²) in [5.41, 5.74) is 0.228. The van der Waals surface area contributed by atoms with E-state index in [1.54, 1.807) is 43.5 Å². The maximum atomic E-state index is 13.3. The van der Waals surface area contributed by atoms with Crippen molar-refractivity contribution in [2.45, 2.75) is 23.4 Å². The molecule has 0 bridgehead atoms. The SMILES string of the molecule is COc1ccc(C2=NC3(CCN(S(=O)(=O)c4cc(OC)ccc4OC)CC3)NC2=O)cc1. The van der Waals surface area contributed by atoms with E-state index in [4.69, 9.17) is 14.2 Å². The first-order chi connectivity index (χ1) is 15.3. The molecule has 2 aromatic carbocycles. The second kappa shape index (κ2) is 8.44. The quantitative estimate of drug-likeness (QED) is 0.706. The first-order valence-corrected chi connectivity index (χ1v) is 11.5. The fraction of sp³-hybridized carbons (Fsp3) is 0.364. The fourth-order valence-electron chi connectivity index (χ4n) is 3.97. The second-order valence-corrected chi connectivity index (χ2v) is 9.50. The van der Waals surface area contributed by atoms with E-state index in [0.29, 0.717) is 35.6 Å². The lowest BCUT2D eigenvalue weighted by atomic mass is 10.00. The number of hydrogen-bond acceptors (Lipinski definition) is 7. The summed E-state index contributed by atoms with van der Waals surface area (Å²) in [4.78, 5) is 17.4. The van der Waals surface area contributed by atoms with Gasteiger partial charge in [-0.15, -0.1) is 0 Å². The van der Waals surface area contributed by atoms with Gasteiger partial charge < -0.3 is 19.5 Å². The Morgan fingerprint density at radius 3 is 2.16 bits per heavy atom. The van der Waals surface area contributed by atoms with Crippen LogP contribution >= 0.6 is 0 Å². The summed E-state index contributed by atoms with van der Waals surface area (Å²) in [7, 11) is 0.661. The Hall–Kier alpha value is -3.11. The van der Waals surface area contributed by atoms with Crippen molar-refractivity contribution < 1.29 is 27.4 Å². The molecule has 2 aliphatic heterocycles. The maximum Gasteiger partial charge on any atom is 0.272 e. The number of benzene rings is 2. The van der Waals surface area contributed by atoms with Crippen molar-refractivity contribution >= 4 is 21.6 Å². The zero-order chi connectivity index (χ0) is 22.9. The van der Waals surface area contributed by atoms with Crippen LogP contribution in [0.15, 0.2) is 52.4 Å². The number of methoxy groups -OCH3 is 3. The highest BCUT2D eigenvalue weighted by molar-refractivity contribution is 7.89. The average Bonchev–Trinajstić information content (AvgIpc) is 3.14. The van der Waals surface area contributed by atoms with E-state index in [0.717, 1.165) is 0 Å². The fourth-order valence-corrected chi connectivity index (χ4v) is 5.58. The number of carbonyl (C=O) groups is 1. The lowest BCUT2D eigenvalue weighted by Crippen LogP contribution is -2.52. The number of sulfonamides is 1. The lowest BCUT2D eigenvalue weighted by molar-refractivity contribution is -0.115. The molecule has 1 fully saturated rings. The topological polar surface area (TPSA) is 107 Å². The minimum atomic E-state index is -3.82. The van der Waals surface area contributed by atoms with Gasteiger partial charge in [0.1, 0.15) is 33.5 Å². The van der Waals surface area contributed by atoms with Gasteiger partial charge in [0.15, 0.2) is 0 Å². The van der Waals surface area contributed by atoms with E-state index in [1.165, 1.54) is 24.6 Å². The van der Waals surface area contributed by atoms with Crippen LogP contribution in [0, 0.1) is 0 Å². The number of piperidine rings is 1. The van der Waals surface area contributed by atoms with Crippen LogP contribution < -0.4 is 19.5 Å². The number of nitrogens with one attached hydrogen (secondary N) is 1. The smallest absolute Gasteiger partial charge is 0.272 e. The number of hydrogen-bond donors (Lipinski definition) is 1. The van der Waals surface area contributed by atoms with Gasteiger partial charge in [0.2, 0.25) is 10.0 Å². The van der Waals surface area contributed by atoms with Crippen molar-refractivity contribution in [3.05, 3.63) is 48.0 Å². The number of ether oxygens (including phenoxy) is 3. The van der Waals surface area contributed by atoms with Gasteiger partial charge in [-0.1, -0.05) is 0 Å². The van der Waals surface area contributed by atoms with E-state index in [-0.39, 0.29) is 29.6 Å². The third kappa shape index (κ3) is 3.91. The number of aliphatic imine (C=N–C) groups is 1. The van der Waals surface area contributed by atoms with Gasteiger partial charge in [0.05, 0.1) is 21.3 Å². The zero-order valence-electron chi connectivity index (χ0n) is 18.1. The molecule has 0 saturated carbocycles. The van der Waals surface area contributed by atoms with Gasteiger partial charge in [-0.25, -0.2) is 8.42 Å². The summed E-state index contributed by atoms with van der Waals surface area (Å²) < 4.78 is 43.6. The van der Waals surface area contributed by atoms with Gasteiger partial charge in [0, 0.05) is 37.6 Å². The normalized spacial score (nSPS) is 18.2. The molecule has 4 rings (SSSR count). The summed E-state index contributed by atoms with van der Waals surface area (Å²) in [6.07, 6.45) is 0.730. The molecule has 2 aromatic rings. The molecule has 9 nitrogen and oxygen atoms in total. The maximum absolute atomic E-state index is 13.3. The summed E-state index contributed by atoms with van der Waals surface area (Å²) in [5, 5.41) is 2.96. The largest absolute Gasteiger partial charge is 0.497 e. The highest BCUT2D eigenvalue weighted by Gasteiger charge is 2.44. The Kier molecular flexibility index (Phi) is 5.83. The zero-order valence-corrected chi connectivity index (χ0v) is 18.9. The van der Waals surface area contributed by atoms with Crippen LogP contribution in [0.2, 0.25) is 0 Å². The van der Waals surface area contributed by atoms with Crippen LogP contribution in [0.1, 0.15) is 18.4 Å². The molecule has 2 aliphatic rings. The van der Waals surface area contributed by atoms with Gasteiger partial charge in [-0.05, 0) is 36.4 Å². The highest BCUT2D eigenvalue weighted by Crippen LogP contribution is 2.35. The molecule has 2 heterocycles. The number of amides is 1. The van der Waals surface area contributed by atoms with Gasteiger partial charge in [0.25, 0.3) is 5.91 Å². The predicted molar refractivity (Wildman–Crippen MR) is 118 cm³/mol. The first-order valence-electron chi connectivity index (χ1n) is 10.1. The Bertz CT molecular complexity index is 1150. The van der Waals surface area contributed by atoms with Crippen molar-refractivity contribution in [2.75, 3.05) is 34.4 Å². The van der Waals surface area contributed by atoms with Crippen LogP contribution in [0.4, 0.5) is 0 Å². The number of rotatable bonds is 6. The molecule has 0 radical (unpaired) electrons. The average molecular weight is 460 g/mol. The first kappa shape index (κ1) is 22.1. The van der Waals surface area contributed by atoms with Crippen LogP contribution in [0.25, 0.3) is 0 Å². The molecule has 10 heteroatoms. The third-order valence-corrected chi connectivity index (χ3v) is 7.71. The van der Waals surface area contributed by atoms with E-state index in [2.05, 4.69) is 10.3 Å². The second-order valence-electron chi connectivity index (χ2n) is 7.60. The monoisotopic (exact) mass is 459 g/mol. The Morgan fingerprint density at radius 1 is 0.938 bits per heavy atom. The van der Waals surface area contributed by atoms with Crippen LogP contribution in [-0.4, -0.2) is 64.4 Å². The molecule has 1 saturated heterocycles. The van der Waals surface area contributed by atoms with Crippen LogP contribution in [-0.2, 0) is 14.8 Å². The molecule has 1 amide bonds. The molecule has 0 aromatic heterocycles. The van der Waals surface area contributed by atoms with Crippen molar-refractivity contribution in [3.63, 3.8) is 0 Å². The molecule has 1 N–H and O–H groups in total. The van der Waals surface area contributed by atoms with Crippen molar-refractivity contribution in [1.82, 2.24) is 9.62 Å². The summed E-state index contributed by atoms with van der Waals surface area (Å²) in [6.45, 7) is 0.421. The summed E-state index contributed by atoms with van der Waals surface area (Å²) >= 11 is 0. The van der Waals surface area contributed by atoms with E-state index in [1.807, 2.05) is 0 Å². The minimum absolute atomic E-state index is 0.0492. The van der Waals surface area contributed by atoms with Gasteiger partial charge >= 0.3 is 0 Å². The van der Waals surface area contributed by atoms with E-state index >= 15 is 0 Å². The number of carbonyl (C=O) groups excluding carboxylic acids is 1. The molecule has 170 valence electrons. The predicted octanol–water partition coefficient (Wildman–Crippen LogP) is 1.81. The van der Waals surface area contributed by atoms with Crippen molar-refractivity contribution in [3.8, 4) is 17.2 Å². The van der Waals surface area contributed by atoms with Crippen LogP contribution in [0.5, 0.6) is 17.2 Å². The molecule has 0 unspecified atom stereocenters. The number of nitrogens with zero attached hydrogens (tertiary/aromatic N) is 2. The highest BCUT2D eigenvalue weighted by atomic mass is 32.2. The Balaban J connectivity index is 1.55. The van der Waals surface area contributed by atoms with E-state index < -0.39 is 15.7 Å². The molecular formula is C22H25N3O6S. The van der Waals surface area contributed by atoms with Crippen LogP contribution in [0.3, 0.4) is 0 Å².